The summed E-state index contributed by atoms with van der Waals surface area (Å²) in [5.74, 6) is 0. The van der Waals surface area contributed by atoms with Crippen LogP contribution >= 0.6 is 0 Å². The maximum Gasteiger partial charge on any atom is 0.416 e. The molecule has 0 bridgehead atoms. The highest BCUT2D eigenvalue weighted by Crippen LogP contribution is 2.37. The highest BCUT2D eigenvalue weighted by Gasteiger charge is 2.42. The number of carbonyl (C=O) groups is 2. The smallest absolute Gasteiger partial charge is 0.416 e. The number of halogens is 6. The summed E-state index contributed by atoms with van der Waals surface area (Å²) in [4.78, 5) is 27.6. The molecule has 1 fully saturated rings. The third kappa shape index (κ3) is 8.59. The number of ether oxygens (including phenoxy) is 2. The minimum atomic E-state index is -4.96. The van der Waals surface area contributed by atoms with Gasteiger partial charge in [0.05, 0.1) is 17.9 Å². The quantitative estimate of drug-likeness (QED) is 0.221. The fraction of sp³-hybridized carbons (Fsp3) is 0.680. The van der Waals surface area contributed by atoms with Crippen molar-refractivity contribution in [3.8, 4) is 0 Å². The third-order valence-corrected chi connectivity index (χ3v) is 6.16. The van der Waals surface area contributed by atoms with Gasteiger partial charge < -0.3 is 19.2 Å². The van der Waals surface area contributed by atoms with Gasteiger partial charge in [-0.05, 0) is 63.8 Å². The number of piperidine rings is 1. The molecule has 0 N–H and O–H groups in total. The largest absolute Gasteiger partial charge is 0.444 e. The highest BCUT2D eigenvalue weighted by molar-refractivity contribution is 5.70. The normalized spacial score (nSPS) is 21.3. The molecule has 0 unspecified atom stereocenters. The summed E-state index contributed by atoms with van der Waals surface area (Å²) in [7, 11) is 1.37. The van der Waals surface area contributed by atoms with Gasteiger partial charge in [-0.1, -0.05) is 6.92 Å². The number of hydrogen-bond acceptors (Lipinski definition) is 5. The van der Waals surface area contributed by atoms with E-state index in [1.807, 2.05) is 6.92 Å². The molecule has 2 rings (SSSR count). The molecule has 12 heteroatoms. The number of aldehydes is 1. The van der Waals surface area contributed by atoms with Gasteiger partial charge in [-0.2, -0.15) is 26.3 Å². The molecule has 1 aromatic rings. The van der Waals surface area contributed by atoms with Crippen LogP contribution in [-0.4, -0.2) is 59.7 Å². The SMILES string of the molecule is CC[C@@H]1C[C@H](N(COC)Cc2cc(C(F)(F)F)cc(C(F)(F)F)c2)C[C@H](CC=O)N1C(=O)OC(C)(C)C. The Balaban J connectivity index is 2.41. The van der Waals surface area contributed by atoms with Crippen LogP contribution in [0.5, 0.6) is 0 Å². The monoisotopic (exact) mass is 540 g/mol. The first-order chi connectivity index (χ1) is 17.0. The van der Waals surface area contributed by atoms with Gasteiger partial charge in [-0.25, -0.2) is 4.79 Å². The van der Waals surface area contributed by atoms with Crippen LogP contribution in [0.2, 0.25) is 0 Å². The second kappa shape index (κ2) is 12.0. The Labute approximate surface area is 212 Å². The van der Waals surface area contributed by atoms with Gasteiger partial charge in [0.25, 0.3) is 0 Å². The molecule has 210 valence electrons. The molecule has 1 aromatic carbocycles. The summed E-state index contributed by atoms with van der Waals surface area (Å²) in [6, 6.07) is 0.212. The summed E-state index contributed by atoms with van der Waals surface area (Å²) < 4.78 is 90.9. The lowest BCUT2D eigenvalue weighted by Crippen LogP contribution is -2.57. The first-order valence-corrected chi connectivity index (χ1v) is 12.0. The summed E-state index contributed by atoms with van der Waals surface area (Å²) in [6.07, 6.45) is -8.65. The number of carbonyl (C=O) groups excluding carboxylic acids is 2. The maximum atomic E-state index is 13.4. The van der Waals surface area contributed by atoms with Crippen LogP contribution in [0.1, 0.15) is 70.1 Å². The van der Waals surface area contributed by atoms with Crippen molar-refractivity contribution in [1.29, 1.82) is 0 Å². The van der Waals surface area contributed by atoms with Crippen LogP contribution < -0.4 is 0 Å². The van der Waals surface area contributed by atoms with Crippen molar-refractivity contribution in [1.82, 2.24) is 9.80 Å². The fourth-order valence-corrected chi connectivity index (χ4v) is 4.64. The molecule has 1 aliphatic rings. The topological polar surface area (TPSA) is 59.1 Å². The zero-order valence-corrected chi connectivity index (χ0v) is 21.6. The second-order valence-corrected chi connectivity index (χ2v) is 10.2. The summed E-state index contributed by atoms with van der Waals surface area (Å²) in [5.41, 5.74) is -3.71. The molecule has 1 amide bonds. The van der Waals surface area contributed by atoms with Crippen molar-refractivity contribution in [2.24, 2.45) is 0 Å². The summed E-state index contributed by atoms with van der Waals surface area (Å²) in [5, 5.41) is 0. The Morgan fingerprint density at radius 3 is 2.00 bits per heavy atom. The fourth-order valence-electron chi connectivity index (χ4n) is 4.64. The molecule has 3 atom stereocenters. The predicted octanol–water partition coefficient (Wildman–Crippen LogP) is 6.27. The number of benzene rings is 1. The van der Waals surface area contributed by atoms with E-state index in [0.717, 1.165) is 0 Å². The van der Waals surface area contributed by atoms with Crippen molar-refractivity contribution >= 4 is 12.4 Å². The molecule has 0 spiro atoms. The minimum Gasteiger partial charge on any atom is -0.444 e. The molecular weight excluding hydrogens is 506 g/mol. The molecule has 1 heterocycles. The zero-order valence-electron chi connectivity index (χ0n) is 21.6. The van der Waals surface area contributed by atoms with E-state index in [9.17, 15) is 35.9 Å². The van der Waals surface area contributed by atoms with Crippen LogP contribution in [-0.2, 0) is 33.2 Å². The predicted molar refractivity (Wildman–Crippen MR) is 124 cm³/mol. The van der Waals surface area contributed by atoms with Gasteiger partial charge >= 0.3 is 18.4 Å². The second-order valence-electron chi connectivity index (χ2n) is 10.2. The first-order valence-electron chi connectivity index (χ1n) is 12.0. The Morgan fingerprint density at radius 1 is 1.03 bits per heavy atom. The number of rotatable bonds is 8. The van der Waals surface area contributed by atoms with Crippen molar-refractivity contribution in [2.75, 3.05) is 13.8 Å². The molecule has 1 aliphatic heterocycles. The van der Waals surface area contributed by atoms with Gasteiger partial charge in [-0.3, -0.25) is 4.90 Å². The van der Waals surface area contributed by atoms with E-state index in [0.29, 0.717) is 31.3 Å². The number of nitrogens with zero attached hydrogens (tertiary/aromatic N) is 2. The standard InChI is InChI=1S/C25H34F6N2O4/c1-6-19-12-21(13-20(7-8-34)33(19)22(35)37-23(2,3)4)32(15-36-5)14-16-9-17(24(26,27)28)11-18(10-16)25(29,30)31/h8-11,19-21H,6-7,12-15H2,1-5H3/t19-,20+,21+/m1/s1. The van der Waals surface area contributed by atoms with Gasteiger partial charge in [0.1, 0.15) is 11.9 Å². The van der Waals surface area contributed by atoms with E-state index in [1.54, 1.807) is 25.7 Å². The zero-order chi connectivity index (χ0) is 28.2. The molecule has 0 saturated carbocycles. The molecule has 6 nitrogen and oxygen atoms in total. The van der Waals surface area contributed by atoms with Crippen LogP contribution in [0.15, 0.2) is 18.2 Å². The van der Waals surface area contributed by atoms with Crippen LogP contribution in [0.3, 0.4) is 0 Å². The maximum absolute atomic E-state index is 13.4. The summed E-state index contributed by atoms with van der Waals surface area (Å²) in [6.45, 7) is 6.69. The Morgan fingerprint density at radius 2 is 1.57 bits per heavy atom. The van der Waals surface area contributed by atoms with Crippen LogP contribution in [0.4, 0.5) is 31.1 Å². The Hall–Kier alpha value is -2.34. The van der Waals surface area contributed by atoms with Gasteiger partial charge in [0, 0.05) is 38.2 Å². The van der Waals surface area contributed by atoms with E-state index in [-0.39, 0.29) is 49.8 Å². The van der Waals surface area contributed by atoms with Crippen LogP contribution in [0.25, 0.3) is 0 Å². The van der Waals surface area contributed by atoms with E-state index >= 15 is 0 Å². The van der Waals surface area contributed by atoms with Gasteiger partial charge in [0.15, 0.2) is 0 Å². The van der Waals surface area contributed by atoms with Crippen molar-refractivity contribution in [3.63, 3.8) is 0 Å². The average molecular weight is 541 g/mol. The Kier molecular flexibility index (Phi) is 10.0. The minimum absolute atomic E-state index is 0.00878. The molecule has 0 aliphatic carbocycles. The van der Waals surface area contributed by atoms with Crippen molar-refractivity contribution in [3.05, 3.63) is 34.9 Å². The average Bonchev–Trinajstić information content (AvgIpc) is 2.75. The van der Waals surface area contributed by atoms with Gasteiger partial charge in [0.2, 0.25) is 0 Å². The van der Waals surface area contributed by atoms with Crippen molar-refractivity contribution in [2.45, 2.75) is 96.0 Å². The third-order valence-electron chi connectivity index (χ3n) is 6.16. The molecule has 1 saturated heterocycles. The number of likely N-dealkylation sites (tertiary alicyclic amines) is 1. The number of alkyl halides is 6. The summed E-state index contributed by atoms with van der Waals surface area (Å²) >= 11 is 0. The number of methoxy groups -OCH3 is 1. The molecule has 0 aromatic heterocycles. The number of amides is 1. The van der Waals surface area contributed by atoms with E-state index < -0.39 is 41.2 Å². The first kappa shape index (κ1) is 30.9. The van der Waals surface area contributed by atoms with Crippen LogP contribution in [0, 0.1) is 0 Å². The molecular formula is C25H34F6N2O4. The van der Waals surface area contributed by atoms with Gasteiger partial charge in [-0.15, -0.1) is 0 Å². The van der Waals surface area contributed by atoms with E-state index in [1.165, 1.54) is 12.0 Å². The lowest BCUT2D eigenvalue weighted by atomic mass is 9.87. The molecule has 37 heavy (non-hydrogen) atoms. The highest BCUT2D eigenvalue weighted by atomic mass is 19.4. The number of hydrogen-bond donors (Lipinski definition) is 0. The van der Waals surface area contributed by atoms with E-state index in [2.05, 4.69) is 0 Å². The lowest BCUT2D eigenvalue weighted by molar-refractivity contribution is -0.143. The lowest BCUT2D eigenvalue weighted by Gasteiger charge is -2.47. The van der Waals surface area contributed by atoms with Crippen molar-refractivity contribution < 1.29 is 45.4 Å². The molecule has 0 radical (unpaired) electrons. The van der Waals surface area contributed by atoms with E-state index in [4.69, 9.17) is 9.47 Å². The Bertz CT molecular complexity index is 897.